The Morgan fingerprint density at radius 2 is 1.56 bits per heavy atom. The molecule has 0 atom stereocenters. The SMILES string of the molecule is O=S(=O)(C=Cc1ccccc1)Nc1ncnc(Cl)c1-c1ccccc1. The van der Waals surface area contributed by atoms with Crippen LogP contribution in [0.3, 0.4) is 0 Å². The first-order valence-electron chi connectivity index (χ1n) is 7.37. The van der Waals surface area contributed by atoms with Crippen LogP contribution >= 0.6 is 11.6 Å². The van der Waals surface area contributed by atoms with Crippen LogP contribution < -0.4 is 4.72 Å². The summed E-state index contributed by atoms with van der Waals surface area (Å²) in [7, 11) is -3.76. The third-order valence-corrected chi connectivity index (χ3v) is 4.60. The van der Waals surface area contributed by atoms with E-state index in [-0.39, 0.29) is 11.0 Å². The van der Waals surface area contributed by atoms with Crippen molar-refractivity contribution in [1.82, 2.24) is 9.97 Å². The molecular formula is C18H14ClN3O2S. The molecule has 0 radical (unpaired) electrons. The number of sulfonamides is 1. The van der Waals surface area contributed by atoms with Gasteiger partial charge in [0.1, 0.15) is 11.5 Å². The van der Waals surface area contributed by atoms with Crippen molar-refractivity contribution in [1.29, 1.82) is 0 Å². The Morgan fingerprint density at radius 3 is 2.24 bits per heavy atom. The molecule has 0 aliphatic rings. The van der Waals surface area contributed by atoms with Gasteiger partial charge in [-0.3, -0.25) is 4.72 Å². The molecule has 0 aliphatic heterocycles. The highest BCUT2D eigenvalue weighted by atomic mass is 35.5. The quantitative estimate of drug-likeness (QED) is 0.682. The third kappa shape index (κ3) is 4.43. The highest BCUT2D eigenvalue weighted by Gasteiger charge is 2.16. The number of hydrogen-bond donors (Lipinski definition) is 1. The van der Waals surface area contributed by atoms with Crippen molar-refractivity contribution >= 4 is 33.5 Å². The summed E-state index contributed by atoms with van der Waals surface area (Å²) in [5.41, 5.74) is 1.93. The molecule has 0 saturated carbocycles. The maximum absolute atomic E-state index is 12.4. The van der Waals surface area contributed by atoms with Crippen molar-refractivity contribution in [2.75, 3.05) is 4.72 Å². The number of nitrogens with zero attached hydrogens (tertiary/aromatic N) is 2. The van der Waals surface area contributed by atoms with E-state index < -0.39 is 10.0 Å². The molecule has 25 heavy (non-hydrogen) atoms. The fourth-order valence-corrected chi connectivity index (χ4v) is 3.27. The van der Waals surface area contributed by atoms with E-state index in [1.54, 1.807) is 0 Å². The van der Waals surface area contributed by atoms with Crippen LogP contribution in [0.2, 0.25) is 5.15 Å². The van der Waals surface area contributed by atoms with Crippen LogP contribution in [0, 0.1) is 0 Å². The van der Waals surface area contributed by atoms with E-state index in [0.717, 1.165) is 16.5 Å². The zero-order chi connectivity index (χ0) is 17.7. The number of benzene rings is 2. The monoisotopic (exact) mass is 371 g/mol. The Kier molecular flexibility index (Phi) is 5.11. The van der Waals surface area contributed by atoms with E-state index in [0.29, 0.717) is 5.56 Å². The van der Waals surface area contributed by atoms with E-state index in [1.807, 2.05) is 60.7 Å². The Hall–Kier alpha value is -2.70. The van der Waals surface area contributed by atoms with E-state index in [9.17, 15) is 8.42 Å². The number of aromatic nitrogens is 2. The van der Waals surface area contributed by atoms with Crippen molar-refractivity contribution in [3.05, 3.63) is 83.1 Å². The lowest BCUT2D eigenvalue weighted by Gasteiger charge is -2.10. The molecule has 0 amide bonds. The number of hydrogen-bond acceptors (Lipinski definition) is 4. The Labute approximate surface area is 151 Å². The fourth-order valence-electron chi connectivity index (χ4n) is 2.20. The Morgan fingerprint density at radius 1 is 0.920 bits per heavy atom. The Balaban J connectivity index is 1.93. The van der Waals surface area contributed by atoms with Gasteiger partial charge < -0.3 is 0 Å². The van der Waals surface area contributed by atoms with E-state index in [2.05, 4.69) is 14.7 Å². The second-order valence-electron chi connectivity index (χ2n) is 5.11. The van der Waals surface area contributed by atoms with Crippen LogP contribution in [0.25, 0.3) is 17.2 Å². The molecule has 0 aliphatic carbocycles. The second-order valence-corrected chi connectivity index (χ2v) is 7.04. The molecule has 1 heterocycles. The summed E-state index contributed by atoms with van der Waals surface area (Å²) in [4.78, 5) is 7.98. The molecule has 7 heteroatoms. The minimum absolute atomic E-state index is 0.129. The van der Waals surface area contributed by atoms with Gasteiger partial charge in [0.2, 0.25) is 0 Å². The summed E-state index contributed by atoms with van der Waals surface area (Å²) < 4.78 is 27.2. The normalized spacial score (nSPS) is 11.6. The van der Waals surface area contributed by atoms with Crippen molar-refractivity contribution in [3.63, 3.8) is 0 Å². The first-order chi connectivity index (χ1) is 12.1. The van der Waals surface area contributed by atoms with Crippen LogP contribution in [0.5, 0.6) is 0 Å². The molecule has 3 rings (SSSR count). The molecule has 0 spiro atoms. The maximum Gasteiger partial charge on any atom is 0.256 e. The van der Waals surface area contributed by atoms with Gasteiger partial charge >= 0.3 is 0 Å². The van der Waals surface area contributed by atoms with Crippen LogP contribution in [0.15, 0.2) is 72.4 Å². The zero-order valence-corrected chi connectivity index (χ0v) is 14.6. The van der Waals surface area contributed by atoms with E-state index in [1.165, 1.54) is 12.4 Å². The molecule has 3 aromatic rings. The van der Waals surface area contributed by atoms with Crippen molar-refractivity contribution in [2.45, 2.75) is 0 Å². The average Bonchev–Trinajstić information content (AvgIpc) is 2.62. The molecule has 0 fully saturated rings. The van der Waals surface area contributed by atoms with Gasteiger partial charge in [-0.05, 0) is 17.2 Å². The van der Waals surface area contributed by atoms with Crippen molar-refractivity contribution in [2.24, 2.45) is 0 Å². The summed E-state index contributed by atoms with van der Waals surface area (Å²) >= 11 is 6.16. The van der Waals surface area contributed by atoms with E-state index in [4.69, 9.17) is 11.6 Å². The van der Waals surface area contributed by atoms with Gasteiger partial charge in [-0.25, -0.2) is 18.4 Å². The van der Waals surface area contributed by atoms with Gasteiger partial charge in [0.05, 0.1) is 11.0 Å². The lowest BCUT2D eigenvalue weighted by molar-refractivity contribution is 0.609. The van der Waals surface area contributed by atoms with Gasteiger partial charge in [-0.15, -0.1) is 0 Å². The molecule has 0 saturated heterocycles. The molecule has 1 N–H and O–H groups in total. The molecular weight excluding hydrogens is 358 g/mol. The van der Waals surface area contributed by atoms with E-state index >= 15 is 0 Å². The average molecular weight is 372 g/mol. The minimum atomic E-state index is -3.76. The third-order valence-electron chi connectivity index (χ3n) is 3.34. The maximum atomic E-state index is 12.4. The predicted molar refractivity (Wildman–Crippen MR) is 100 cm³/mol. The standard InChI is InChI=1S/C18H14ClN3O2S/c19-17-16(15-9-5-2-6-10-15)18(21-13-20-17)22-25(23,24)12-11-14-7-3-1-4-8-14/h1-13H,(H,20,21,22). The predicted octanol–water partition coefficient (Wildman–Crippen LogP) is 4.21. The topological polar surface area (TPSA) is 72.0 Å². The molecule has 0 unspecified atom stereocenters. The summed E-state index contributed by atoms with van der Waals surface area (Å²) in [6.07, 6.45) is 2.72. The molecule has 2 aromatic carbocycles. The van der Waals surface area contributed by atoms with Gasteiger partial charge in [0.15, 0.2) is 5.82 Å². The van der Waals surface area contributed by atoms with Crippen LogP contribution in [0.4, 0.5) is 5.82 Å². The number of rotatable bonds is 5. The van der Waals surface area contributed by atoms with Crippen LogP contribution in [-0.4, -0.2) is 18.4 Å². The molecule has 1 aromatic heterocycles. The van der Waals surface area contributed by atoms with Crippen molar-refractivity contribution in [3.8, 4) is 11.1 Å². The van der Waals surface area contributed by atoms with Gasteiger partial charge in [-0.2, -0.15) is 0 Å². The zero-order valence-electron chi connectivity index (χ0n) is 13.0. The molecule has 5 nitrogen and oxygen atoms in total. The highest BCUT2D eigenvalue weighted by Crippen LogP contribution is 2.32. The second kappa shape index (κ2) is 7.46. The summed E-state index contributed by atoms with van der Waals surface area (Å²) in [5.74, 6) is 0.129. The molecule has 0 bridgehead atoms. The number of anilines is 1. The summed E-state index contributed by atoms with van der Waals surface area (Å²) in [6, 6.07) is 18.3. The highest BCUT2D eigenvalue weighted by molar-refractivity contribution is 7.95. The molecule has 126 valence electrons. The number of nitrogens with one attached hydrogen (secondary N) is 1. The van der Waals surface area contributed by atoms with Gasteiger partial charge in [-0.1, -0.05) is 72.3 Å². The minimum Gasteiger partial charge on any atom is -0.263 e. The first kappa shape index (κ1) is 17.1. The number of halogens is 1. The summed E-state index contributed by atoms with van der Waals surface area (Å²) in [6.45, 7) is 0. The fraction of sp³-hybridized carbons (Fsp3) is 0. The largest absolute Gasteiger partial charge is 0.263 e. The lowest BCUT2D eigenvalue weighted by atomic mass is 10.1. The van der Waals surface area contributed by atoms with Crippen LogP contribution in [-0.2, 0) is 10.0 Å². The lowest BCUT2D eigenvalue weighted by Crippen LogP contribution is -2.11. The Bertz CT molecular complexity index is 991. The summed E-state index contributed by atoms with van der Waals surface area (Å²) in [5, 5.41) is 1.26. The van der Waals surface area contributed by atoms with Gasteiger partial charge in [0, 0.05) is 0 Å². The first-order valence-corrected chi connectivity index (χ1v) is 9.29. The van der Waals surface area contributed by atoms with Crippen molar-refractivity contribution < 1.29 is 8.42 Å². The smallest absolute Gasteiger partial charge is 0.256 e. The van der Waals surface area contributed by atoms with Gasteiger partial charge in [0.25, 0.3) is 10.0 Å². The van der Waals surface area contributed by atoms with Crippen LogP contribution in [0.1, 0.15) is 5.56 Å².